The Bertz CT molecular complexity index is 318. The first-order chi connectivity index (χ1) is 7.77. The van der Waals surface area contributed by atoms with E-state index < -0.39 is 0 Å². The molecule has 0 spiro atoms. The van der Waals surface area contributed by atoms with Crippen LogP contribution >= 0.6 is 11.8 Å². The van der Waals surface area contributed by atoms with Crippen LogP contribution in [0.1, 0.15) is 12.8 Å². The summed E-state index contributed by atoms with van der Waals surface area (Å²) in [5, 5.41) is 12.8. The molecule has 1 aromatic carbocycles. The molecule has 1 aromatic rings. The number of hydrogen-bond donors (Lipinski definition) is 2. The molecule has 0 fully saturated rings. The number of phenols is 1. The third kappa shape index (κ3) is 4.23. The molecule has 2 N–H and O–H groups in total. The van der Waals surface area contributed by atoms with Gasteiger partial charge in [-0.15, -0.1) is 0 Å². The minimum atomic E-state index is 0.177. The van der Waals surface area contributed by atoms with Crippen LogP contribution in [0.5, 0.6) is 11.5 Å². The molecule has 3 nitrogen and oxygen atoms in total. The third-order valence-corrected chi connectivity index (χ3v) is 2.98. The summed E-state index contributed by atoms with van der Waals surface area (Å²) in [7, 11) is 1.55. The topological polar surface area (TPSA) is 41.5 Å². The Hall–Kier alpha value is -1.03. The molecule has 1 rings (SSSR count). The Morgan fingerprint density at radius 1 is 1.38 bits per heavy atom. The standard InChI is InChI=1S/C12H19NO2S/c1-15-12-6-5-10(9-11(12)14)13-7-3-4-8-16-2/h5-6,9,13-14H,3-4,7-8H2,1-2H3. The lowest BCUT2D eigenvalue weighted by molar-refractivity contribution is 0.373. The molecule has 4 heteroatoms. The van der Waals surface area contributed by atoms with E-state index in [4.69, 9.17) is 4.74 Å². The van der Waals surface area contributed by atoms with Crippen molar-refractivity contribution < 1.29 is 9.84 Å². The van der Waals surface area contributed by atoms with Gasteiger partial charge in [-0.25, -0.2) is 0 Å². The van der Waals surface area contributed by atoms with Crippen molar-refractivity contribution in [3.8, 4) is 11.5 Å². The molecule has 0 heterocycles. The zero-order chi connectivity index (χ0) is 11.8. The zero-order valence-corrected chi connectivity index (χ0v) is 10.6. The summed E-state index contributed by atoms with van der Waals surface area (Å²) in [6.45, 7) is 0.937. The second kappa shape index (κ2) is 7.28. The number of nitrogens with one attached hydrogen (secondary N) is 1. The second-order valence-electron chi connectivity index (χ2n) is 3.51. The zero-order valence-electron chi connectivity index (χ0n) is 9.82. The van der Waals surface area contributed by atoms with Crippen LogP contribution in [-0.2, 0) is 0 Å². The maximum atomic E-state index is 9.56. The number of unbranched alkanes of at least 4 members (excludes halogenated alkanes) is 1. The van der Waals surface area contributed by atoms with Crippen LogP contribution in [0.2, 0.25) is 0 Å². The highest BCUT2D eigenvalue weighted by atomic mass is 32.2. The molecule has 0 aliphatic rings. The van der Waals surface area contributed by atoms with Crippen molar-refractivity contribution in [2.45, 2.75) is 12.8 Å². The lowest BCUT2D eigenvalue weighted by Gasteiger charge is -2.08. The smallest absolute Gasteiger partial charge is 0.160 e. The number of aromatic hydroxyl groups is 1. The number of anilines is 1. The number of thioether (sulfide) groups is 1. The molecule has 0 saturated heterocycles. The Balaban J connectivity index is 2.34. The molecule has 0 radical (unpaired) electrons. The molecule has 0 aromatic heterocycles. The van der Waals surface area contributed by atoms with Gasteiger partial charge in [0.1, 0.15) is 0 Å². The largest absolute Gasteiger partial charge is 0.504 e. The van der Waals surface area contributed by atoms with Gasteiger partial charge in [-0.2, -0.15) is 11.8 Å². The van der Waals surface area contributed by atoms with Crippen LogP contribution in [0.15, 0.2) is 18.2 Å². The van der Waals surface area contributed by atoms with Gasteiger partial charge in [-0.05, 0) is 37.0 Å². The van der Waals surface area contributed by atoms with Gasteiger partial charge >= 0.3 is 0 Å². The van der Waals surface area contributed by atoms with E-state index in [1.165, 1.54) is 12.2 Å². The molecule has 0 unspecified atom stereocenters. The van der Waals surface area contributed by atoms with E-state index in [0.29, 0.717) is 5.75 Å². The molecule has 16 heavy (non-hydrogen) atoms. The van der Waals surface area contributed by atoms with E-state index in [1.54, 1.807) is 19.2 Å². The molecule has 0 amide bonds. The van der Waals surface area contributed by atoms with E-state index in [2.05, 4.69) is 11.6 Å². The van der Waals surface area contributed by atoms with E-state index >= 15 is 0 Å². The fourth-order valence-electron chi connectivity index (χ4n) is 1.40. The molecular formula is C12H19NO2S. The number of ether oxygens (including phenoxy) is 1. The Morgan fingerprint density at radius 3 is 2.81 bits per heavy atom. The monoisotopic (exact) mass is 241 g/mol. The van der Waals surface area contributed by atoms with Crippen LogP contribution in [0, 0.1) is 0 Å². The highest BCUT2D eigenvalue weighted by Crippen LogP contribution is 2.28. The van der Waals surface area contributed by atoms with Gasteiger partial charge < -0.3 is 15.2 Å². The summed E-state index contributed by atoms with van der Waals surface area (Å²) in [6, 6.07) is 5.36. The first-order valence-corrected chi connectivity index (χ1v) is 6.77. The van der Waals surface area contributed by atoms with Crippen molar-refractivity contribution in [1.82, 2.24) is 0 Å². The van der Waals surface area contributed by atoms with Crippen molar-refractivity contribution in [1.29, 1.82) is 0 Å². The number of rotatable bonds is 7. The maximum Gasteiger partial charge on any atom is 0.160 e. The average Bonchev–Trinajstić information content (AvgIpc) is 2.29. The predicted molar refractivity (Wildman–Crippen MR) is 70.8 cm³/mol. The highest BCUT2D eigenvalue weighted by Gasteiger charge is 2.01. The summed E-state index contributed by atoms with van der Waals surface area (Å²) in [6.07, 6.45) is 4.48. The predicted octanol–water partition coefficient (Wildman–Crippen LogP) is 2.96. The normalized spacial score (nSPS) is 10.1. The molecule has 0 atom stereocenters. The number of phenolic OH excluding ortho intramolecular Hbond substituents is 1. The summed E-state index contributed by atoms with van der Waals surface area (Å²) in [5.41, 5.74) is 0.933. The third-order valence-electron chi connectivity index (χ3n) is 2.28. The maximum absolute atomic E-state index is 9.56. The lowest BCUT2D eigenvalue weighted by atomic mass is 10.2. The summed E-state index contributed by atoms with van der Waals surface area (Å²) in [4.78, 5) is 0. The fraction of sp³-hybridized carbons (Fsp3) is 0.500. The van der Waals surface area contributed by atoms with E-state index in [9.17, 15) is 5.11 Å². The summed E-state index contributed by atoms with van der Waals surface area (Å²) >= 11 is 1.87. The second-order valence-corrected chi connectivity index (χ2v) is 4.50. The molecule has 0 saturated carbocycles. The highest BCUT2D eigenvalue weighted by molar-refractivity contribution is 7.98. The van der Waals surface area contributed by atoms with E-state index in [1.807, 2.05) is 17.8 Å². The van der Waals surface area contributed by atoms with Crippen molar-refractivity contribution in [3.05, 3.63) is 18.2 Å². The van der Waals surface area contributed by atoms with Crippen LogP contribution in [-0.4, -0.2) is 30.8 Å². The molecule has 0 aliphatic heterocycles. The Morgan fingerprint density at radius 2 is 2.19 bits per heavy atom. The van der Waals surface area contributed by atoms with Gasteiger partial charge in [0, 0.05) is 18.3 Å². The van der Waals surface area contributed by atoms with E-state index in [0.717, 1.165) is 18.7 Å². The quantitative estimate of drug-likeness (QED) is 0.720. The number of hydrogen-bond acceptors (Lipinski definition) is 4. The van der Waals surface area contributed by atoms with Gasteiger partial charge in [0.05, 0.1) is 7.11 Å². The number of benzene rings is 1. The fourth-order valence-corrected chi connectivity index (χ4v) is 1.90. The van der Waals surface area contributed by atoms with Crippen molar-refractivity contribution in [3.63, 3.8) is 0 Å². The van der Waals surface area contributed by atoms with Gasteiger partial charge in [0.2, 0.25) is 0 Å². The van der Waals surface area contributed by atoms with Crippen LogP contribution in [0.25, 0.3) is 0 Å². The van der Waals surface area contributed by atoms with Crippen molar-refractivity contribution in [2.24, 2.45) is 0 Å². The Kier molecular flexibility index (Phi) is 5.93. The van der Waals surface area contributed by atoms with Gasteiger partial charge in [0.25, 0.3) is 0 Å². The molecule has 0 bridgehead atoms. The summed E-state index contributed by atoms with van der Waals surface area (Å²) < 4.78 is 4.98. The minimum Gasteiger partial charge on any atom is -0.504 e. The van der Waals surface area contributed by atoms with Crippen molar-refractivity contribution >= 4 is 17.4 Å². The van der Waals surface area contributed by atoms with Crippen LogP contribution in [0.4, 0.5) is 5.69 Å². The average molecular weight is 241 g/mol. The van der Waals surface area contributed by atoms with Gasteiger partial charge in [-0.3, -0.25) is 0 Å². The molecular weight excluding hydrogens is 222 g/mol. The van der Waals surface area contributed by atoms with Crippen molar-refractivity contribution in [2.75, 3.05) is 31.0 Å². The number of methoxy groups -OCH3 is 1. The van der Waals surface area contributed by atoms with E-state index in [-0.39, 0.29) is 5.75 Å². The molecule has 0 aliphatic carbocycles. The lowest BCUT2D eigenvalue weighted by Crippen LogP contribution is -2.01. The summed E-state index contributed by atoms with van der Waals surface area (Å²) in [5.74, 6) is 1.89. The van der Waals surface area contributed by atoms with Gasteiger partial charge in [-0.1, -0.05) is 0 Å². The Labute approximate surface area is 101 Å². The van der Waals surface area contributed by atoms with Gasteiger partial charge in [0.15, 0.2) is 11.5 Å². The van der Waals surface area contributed by atoms with Crippen LogP contribution < -0.4 is 10.1 Å². The SMILES string of the molecule is COc1ccc(NCCCCSC)cc1O. The molecule has 90 valence electrons. The first-order valence-electron chi connectivity index (χ1n) is 5.37. The first kappa shape index (κ1) is 13.0. The minimum absolute atomic E-state index is 0.177. The van der Waals surface area contributed by atoms with Crippen LogP contribution in [0.3, 0.4) is 0 Å².